The lowest BCUT2D eigenvalue weighted by molar-refractivity contribution is -0.171. The van der Waals surface area contributed by atoms with Gasteiger partial charge in [-0.25, -0.2) is 0 Å². The van der Waals surface area contributed by atoms with E-state index >= 15 is 0 Å². The monoisotopic (exact) mass is 504 g/mol. The summed E-state index contributed by atoms with van der Waals surface area (Å²) in [6.45, 7) is 2.60. The van der Waals surface area contributed by atoms with Gasteiger partial charge in [0.15, 0.2) is 9.74 Å². The summed E-state index contributed by atoms with van der Waals surface area (Å²) in [5.41, 5.74) is 1.39. The van der Waals surface area contributed by atoms with Gasteiger partial charge in [0.25, 0.3) is 11.8 Å². The van der Waals surface area contributed by atoms with Gasteiger partial charge in [-0.05, 0) is 23.3 Å². The van der Waals surface area contributed by atoms with Gasteiger partial charge in [0.1, 0.15) is 12.2 Å². The number of rotatable bonds is 2. The Morgan fingerprint density at radius 1 is 0.853 bits per heavy atom. The first-order valence-corrected chi connectivity index (χ1v) is 12.8. The molecule has 178 valence electrons. The first-order valence-electron chi connectivity index (χ1n) is 10.7. The van der Waals surface area contributed by atoms with Crippen molar-refractivity contribution in [3.05, 3.63) is 48.3 Å². The molecular weight excluding hydrogens is 484 g/mol. The quantitative estimate of drug-likeness (QED) is 0.407. The number of ether oxygens (including phenoxy) is 4. The minimum absolute atomic E-state index is 0.224. The van der Waals surface area contributed by atoms with Crippen molar-refractivity contribution >= 4 is 45.3 Å². The Bertz CT molecular complexity index is 1060. The molecule has 0 aromatic rings. The molecule has 0 aromatic heterocycles. The first kappa shape index (κ1) is 21.7. The number of carbonyl (C=O) groups is 4. The maximum absolute atomic E-state index is 14.2. The van der Waals surface area contributed by atoms with Gasteiger partial charge in [-0.2, -0.15) is 0 Å². The molecule has 2 bridgehead atoms. The van der Waals surface area contributed by atoms with Gasteiger partial charge >= 0.3 is 11.9 Å². The molecule has 0 saturated carbocycles. The standard InChI is InChI=1S/C22H20N2O8S2/c1-11(25)31-15-3-5-29-9-13-7-21-20(28)24-18-14(10-30-6-4-16(18)32-12(2)26)8-22(24,34-33-21)19(27)23(21)17(13)15/h3-6,9-10,15-18H,7-8H2,1-2H3/t15-,16-,17?,18?,21+,22+/m0/s1. The van der Waals surface area contributed by atoms with Crippen molar-refractivity contribution in [2.24, 2.45) is 0 Å². The van der Waals surface area contributed by atoms with Crippen LogP contribution in [0.5, 0.6) is 0 Å². The maximum atomic E-state index is 14.2. The number of piperazine rings is 1. The van der Waals surface area contributed by atoms with E-state index in [2.05, 4.69) is 0 Å². The fourth-order valence-electron chi connectivity index (χ4n) is 5.62. The van der Waals surface area contributed by atoms with Gasteiger partial charge < -0.3 is 28.7 Å². The summed E-state index contributed by atoms with van der Waals surface area (Å²) in [6.07, 6.45) is 7.91. The molecule has 7 aliphatic rings. The van der Waals surface area contributed by atoms with E-state index in [4.69, 9.17) is 18.9 Å². The second-order valence-corrected chi connectivity index (χ2v) is 11.5. The molecule has 34 heavy (non-hydrogen) atoms. The molecule has 2 unspecified atom stereocenters. The molecule has 7 heterocycles. The van der Waals surface area contributed by atoms with Crippen LogP contribution in [0.25, 0.3) is 0 Å². The third-order valence-electron chi connectivity index (χ3n) is 6.76. The predicted molar refractivity (Wildman–Crippen MR) is 119 cm³/mol. The van der Waals surface area contributed by atoms with Crippen LogP contribution in [-0.2, 0) is 38.1 Å². The third kappa shape index (κ3) is 2.72. The number of carbonyl (C=O) groups excluding carboxylic acids is 4. The topological polar surface area (TPSA) is 112 Å². The number of hydrogen-bond acceptors (Lipinski definition) is 10. The maximum Gasteiger partial charge on any atom is 0.303 e. The molecule has 7 rings (SSSR count). The summed E-state index contributed by atoms with van der Waals surface area (Å²) in [7, 11) is 2.69. The van der Waals surface area contributed by atoms with Crippen LogP contribution in [0, 0.1) is 0 Å². The van der Waals surface area contributed by atoms with Gasteiger partial charge in [0.05, 0.1) is 37.1 Å². The highest BCUT2D eigenvalue weighted by molar-refractivity contribution is 8.78. The lowest BCUT2D eigenvalue weighted by atomic mass is 10.0. The Balaban J connectivity index is 1.46. The zero-order valence-corrected chi connectivity index (χ0v) is 19.8. The molecule has 10 nitrogen and oxygen atoms in total. The van der Waals surface area contributed by atoms with Crippen LogP contribution in [0.4, 0.5) is 0 Å². The van der Waals surface area contributed by atoms with Gasteiger partial charge in [0.2, 0.25) is 0 Å². The smallest absolute Gasteiger partial charge is 0.303 e. The molecule has 0 N–H and O–H groups in total. The number of amides is 2. The van der Waals surface area contributed by atoms with E-state index in [1.807, 2.05) is 0 Å². The number of esters is 2. The second kappa shape index (κ2) is 7.32. The van der Waals surface area contributed by atoms with E-state index in [1.165, 1.54) is 60.5 Å². The molecule has 0 aliphatic carbocycles. The second-order valence-electron chi connectivity index (χ2n) is 8.79. The molecule has 0 aromatic carbocycles. The zero-order valence-electron chi connectivity index (χ0n) is 18.2. The van der Waals surface area contributed by atoms with Crippen molar-refractivity contribution in [2.75, 3.05) is 0 Å². The minimum atomic E-state index is -1.24. The summed E-state index contributed by atoms with van der Waals surface area (Å²) < 4.78 is 21.9. The molecule has 5 fully saturated rings. The average molecular weight is 505 g/mol. The molecular formula is C22H20N2O8S2. The Hall–Kier alpha value is -2.86. The van der Waals surface area contributed by atoms with Gasteiger partial charge in [-0.1, -0.05) is 21.6 Å². The molecule has 12 heteroatoms. The number of nitrogens with zero attached hydrogens (tertiary/aromatic N) is 2. The molecule has 6 atom stereocenters. The van der Waals surface area contributed by atoms with Crippen LogP contribution in [0.1, 0.15) is 26.7 Å². The molecule has 5 saturated heterocycles. The normalized spacial score (nSPS) is 38.9. The highest BCUT2D eigenvalue weighted by Crippen LogP contribution is 2.69. The van der Waals surface area contributed by atoms with Crippen LogP contribution < -0.4 is 0 Å². The van der Waals surface area contributed by atoms with Crippen molar-refractivity contribution in [1.29, 1.82) is 0 Å². The van der Waals surface area contributed by atoms with Crippen LogP contribution in [0.15, 0.2) is 48.3 Å². The fraction of sp³-hybridized carbons (Fsp3) is 0.455. The summed E-state index contributed by atoms with van der Waals surface area (Å²) >= 11 is 0. The van der Waals surface area contributed by atoms with Crippen LogP contribution in [0.2, 0.25) is 0 Å². The van der Waals surface area contributed by atoms with Crippen molar-refractivity contribution in [3.63, 3.8) is 0 Å². The Labute approximate surface area is 202 Å². The molecule has 0 radical (unpaired) electrons. The first-order chi connectivity index (χ1) is 16.3. The average Bonchev–Trinajstić information content (AvgIpc) is 3.14. The van der Waals surface area contributed by atoms with E-state index in [9.17, 15) is 19.2 Å². The summed E-state index contributed by atoms with van der Waals surface area (Å²) in [5.74, 6) is -1.51. The molecule has 2 spiro atoms. The lowest BCUT2D eigenvalue weighted by Crippen LogP contribution is -2.77. The largest absolute Gasteiger partial charge is 0.473 e. The molecule has 2 amide bonds. The van der Waals surface area contributed by atoms with Crippen molar-refractivity contribution in [1.82, 2.24) is 9.80 Å². The molecule has 7 aliphatic heterocycles. The van der Waals surface area contributed by atoms with E-state index in [0.29, 0.717) is 11.1 Å². The summed E-state index contributed by atoms with van der Waals surface area (Å²) in [4.78, 5) is 52.8. The minimum Gasteiger partial charge on any atom is -0.473 e. The number of hydrogen-bond donors (Lipinski definition) is 0. The fourth-order valence-corrected chi connectivity index (χ4v) is 9.33. The van der Waals surface area contributed by atoms with Gasteiger partial charge in [-0.15, -0.1) is 0 Å². The SMILES string of the molecule is CC(=O)O[C@H]1C=COC=C2C[C@@]34SS[C@]5(CC6=COC=C[C@H](OC(C)=O)C6N5C3=O)C(=O)N4C21. The summed E-state index contributed by atoms with van der Waals surface area (Å²) in [5, 5.41) is 0. The predicted octanol–water partition coefficient (Wildman–Crippen LogP) is 1.71. The zero-order chi connectivity index (χ0) is 23.8. The number of fused-ring (bicyclic) bond motifs is 3. The van der Waals surface area contributed by atoms with Crippen molar-refractivity contribution in [3.8, 4) is 0 Å². The Morgan fingerprint density at radius 3 is 1.65 bits per heavy atom. The van der Waals surface area contributed by atoms with Crippen molar-refractivity contribution < 1.29 is 38.1 Å². The van der Waals surface area contributed by atoms with Gasteiger partial charge in [-0.3, -0.25) is 19.2 Å². The Kier molecular flexibility index (Phi) is 4.66. The van der Waals surface area contributed by atoms with Crippen LogP contribution >= 0.6 is 21.6 Å². The Morgan fingerprint density at radius 2 is 1.26 bits per heavy atom. The lowest BCUT2D eigenvalue weighted by Gasteiger charge is -2.58. The van der Waals surface area contributed by atoms with Gasteiger partial charge in [0, 0.05) is 26.7 Å². The van der Waals surface area contributed by atoms with Crippen LogP contribution in [-0.4, -0.2) is 67.6 Å². The van der Waals surface area contributed by atoms with E-state index < -0.39 is 46.0 Å². The highest BCUT2D eigenvalue weighted by Gasteiger charge is 2.77. The third-order valence-corrected chi connectivity index (χ3v) is 10.3. The van der Waals surface area contributed by atoms with Crippen LogP contribution in [0.3, 0.4) is 0 Å². The van der Waals surface area contributed by atoms with E-state index in [0.717, 1.165) is 0 Å². The summed E-state index contributed by atoms with van der Waals surface area (Å²) in [6, 6.07) is -1.32. The van der Waals surface area contributed by atoms with E-state index in [1.54, 1.807) is 22.0 Å². The van der Waals surface area contributed by atoms with E-state index in [-0.39, 0.29) is 24.7 Å². The highest BCUT2D eigenvalue weighted by atomic mass is 33.1. The van der Waals surface area contributed by atoms with Crippen molar-refractivity contribution in [2.45, 2.75) is 60.7 Å².